The normalized spacial score (nSPS) is 13.8. The third-order valence-electron chi connectivity index (χ3n) is 4.20. The van der Waals surface area contributed by atoms with Crippen LogP contribution in [0, 0.1) is 11.3 Å². The van der Waals surface area contributed by atoms with Gasteiger partial charge in [0.2, 0.25) is 5.95 Å². The Morgan fingerprint density at radius 3 is 2.40 bits per heavy atom. The molecule has 0 saturated carbocycles. The maximum atomic E-state index is 9.44. The summed E-state index contributed by atoms with van der Waals surface area (Å²) < 4.78 is 1.99. The molecule has 2 heterocycles. The molecular weight excluding hydrogens is 402 g/mol. The average molecular weight is 412 g/mol. The Morgan fingerprint density at radius 2 is 1.72 bits per heavy atom. The quantitative estimate of drug-likeness (QED) is 0.488. The van der Waals surface area contributed by atoms with Crippen molar-refractivity contribution in [2.45, 2.75) is 13.0 Å². The van der Waals surface area contributed by atoms with Crippen molar-refractivity contribution in [3.8, 4) is 6.07 Å². The Kier molecular flexibility index (Phi) is 4.21. The van der Waals surface area contributed by atoms with Crippen LogP contribution in [0.2, 0.25) is 20.1 Å². The van der Waals surface area contributed by atoms with Crippen molar-refractivity contribution in [2.75, 3.05) is 11.4 Å². The number of halogens is 4. The van der Waals surface area contributed by atoms with E-state index in [2.05, 4.69) is 11.1 Å². The molecular formula is C17H10Cl4N4. The van der Waals surface area contributed by atoms with Crippen LogP contribution in [0.1, 0.15) is 12.0 Å². The minimum absolute atomic E-state index is 0.449. The summed E-state index contributed by atoms with van der Waals surface area (Å²) in [5, 5.41) is 11.3. The average Bonchev–Trinajstić information content (AvgIpc) is 2.96. The molecule has 4 nitrogen and oxygen atoms in total. The highest BCUT2D eigenvalue weighted by Crippen LogP contribution is 2.43. The Bertz CT molecular complexity index is 1030. The van der Waals surface area contributed by atoms with Gasteiger partial charge in [-0.15, -0.1) is 0 Å². The highest BCUT2D eigenvalue weighted by molar-refractivity contribution is 6.42. The SMILES string of the molecule is N#Cc1ccc(Cl)c2nc3n(c12)CCCN3c1c(Cl)cc(Cl)cc1Cl. The van der Waals surface area contributed by atoms with Crippen LogP contribution in [0.15, 0.2) is 24.3 Å². The molecule has 2 aromatic carbocycles. The molecule has 0 N–H and O–H groups in total. The molecule has 0 saturated heterocycles. The number of hydrogen-bond acceptors (Lipinski definition) is 3. The van der Waals surface area contributed by atoms with E-state index in [1.54, 1.807) is 24.3 Å². The van der Waals surface area contributed by atoms with Gasteiger partial charge in [0.15, 0.2) is 0 Å². The maximum absolute atomic E-state index is 9.44. The molecule has 1 aliphatic rings. The van der Waals surface area contributed by atoms with Gasteiger partial charge in [0.25, 0.3) is 0 Å². The van der Waals surface area contributed by atoms with Crippen LogP contribution < -0.4 is 4.90 Å². The molecule has 0 bridgehead atoms. The fourth-order valence-electron chi connectivity index (χ4n) is 3.19. The number of hydrogen-bond donors (Lipinski definition) is 0. The first-order valence-electron chi connectivity index (χ1n) is 7.52. The maximum Gasteiger partial charge on any atom is 0.211 e. The molecule has 0 fully saturated rings. The smallest absolute Gasteiger partial charge is 0.211 e. The van der Waals surface area contributed by atoms with Crippen LogP contribution in [0.3, 0.4) is 0 Å². The van der Waals surface area contributed by atoms with Crippen molar-refractivity contribution in [3.63, 3.8) is 0 Å². The van der Waals surface area contributed by atoms with Crippen LogP contribution in [0.25, 0.3) is 11.0 Å². The minimum Gasteiger partial charge on any atom is -0.309 e. The first kappa shape index (κ1) is 16.8. The number of fused-ring (bicyclic) bond motifs is 3. The number of nitrogens with zero attached hydrogens (tertiary/aromatic N) is 4. The molecule has 0 unspecified atom stereocenters. The van der Waals surface area contributed by atoms with Gasteiger partial charge in [-0.2, -0.15) is 5.26 Å². The topological polar surface area (TPSA) is 44.9 Å². The number of imidazole rings is 1. The lowest BCUT2D eigenvalue weighted by molar-refractivity contribution is 0.604. The lowest BCUT2D eigenvalue weighted by Crippen LogP contribution is -2.28. The van der Waals surface area contributed by atoms with Crippen molar-refractivity contribution < 1.29 is 0 Å². The second kappa shape index (κ2) is 6.26. The lowest BCUT2D eigenvalue weighted by atomic mass is 10.2. The molecule has 1 aromatic heterocycles. The van der Waals surface area contributed by atoms with Gasteiger partial charge in [-0.1, -0.05) is 46.4 Å². The summed E-state index contributed by atoms with van der Waals surface area (Å²) in [5.74, 6) is 0.664. The molecule has 25 heavy (non-hydrogen) atoms. The molecule has 4 rings (SSSR count). The fraction of sp³-hybridized carbons (Fsp3) is 0.176. The fourth-order valence-corrected chi connectivity index (χ4v) is 4.41. The Morgan fingerprint density at radius 1 is 1.00 bits per heavy atom. The second-order valence-electron chi connectivity index (χ2n) is 5.69. The summed E-state index contributed by atoms with van der Waals surface area (Å²) in [6.07, 6.45) is 0.852. The number of aromatic nitrogens is 2. The zero-order chi connectivity index (χ0) is 17.7. The zero-order valence-electron chi connectivity index (χ0n) is 12.7. The minimum atomic E-state index is 0.449. The Hall–Kier alpha value is -1.64. The van der Waals surface area contributed by atoms with Crippen molar-refractivity contribution in [1.29, 1.82) is 5.26 Å². The van der Waals surface area contributed by atoms with Crippen molar-refractivity contribution in [1.82, 2.24) is 9.55 Å². The third kappa shape index (κ3) is 2.63. The molecule has 126 valence electrons. The summed E-state index contributed by atoms with van der Waals surface area (Å²) in [7, 11) is 0. The van der Waals surface area contributed by atoms with Crippen LogP contribution >= 0.6 is 46.4 Å². The van der Waals surface area contributed by atoms with Gasteiger partial charge >= 0.3 is 0 Å². The van der Waals surface area contributed by atoms with Crippen LogP contribution in [-0.2, 0) is 6.54 Å². The summed E-state index contributed by atoms with van der Waals surface area (Å²) in [5.41, 5.74) is 2.52. The first-order chi connectivity index (χ1) is 12.0. The summed E-state index contributed by atoms with van der Waals surface area (Å²) >= 11 is 25.1. The van der Waals surface area contributed by atoms with Crippen LogP contribution in [0.5, 0.6) is 0 Å². The standard InChI is InChI=1S/C17H10Cl4N4/c18-10-6-12(20)16(13(21)7-10)25-5-1-4-24-15-9(8-22)2-3-11(19)14(15)23-17(24)25/h2-3,6-7H,1,4-5H2. The predicted octanol–water partition coefficient (Wildman–Crippen LogP) is 6.06. The van der Waals surface area contributed by atoms with Crippen LogP contribution in [-0.4, -0.2) is 16.1 Å². The third-order valence-corrected chi connectivity index (χ3v) is 5.30. The summed E-state index contributed by atoms with van der Waals surface area (Å²) in [6.45, 7) is 1.43. The van der Waals surface area contributed by atoms with Gasteiger partial charge < -0.3 is 9.47 Å². The lowest BCUT2D eigenvalue weighted by Gasteiger charge is -2.30. The molecule has 0 radical (unpaired) electrons. The largest absolute Gasteiger partial charge is 0.309 e. The number of aryl methyl sites for hydroxylation is 1. The van der Waals surface area contributed by atoms with E-state index in [0.29, 0.717) is 49.4 Å². The molecule has 0 spiro atoms. The van der Waals surface area contributed by atoms with E-state index in [1.165, 1.54) is 0 Å². The predicted molar refractivity (Wildman–Crippen MR) is 103 cm³/mol. The summed E-state index contributed by atoms with van der Waals surface area (Å²) in [6, 6.07) is 8.91. The van der Waals surface area contributed by atoms with Gasteiger partial charge in [-0.25, -0.2) is 4.98 Å². The monoisotopic (exact) mass is 410 g/mol. The first-order valence-corrected chi connectivity index (χ1v) is 9.03. The Balaban J connectivity index is 2.00. The second-order valence-corrected chi connectivity index (χ2v) is 7.35. The number of benzene rings is 2. The highest BCUT2D eigenvalue weighted by Gasteiger charge is 2.28. The molecule has 0 atom stereocenters. The van der Waals surface area contributed by atoms with Crippen molar-refractivity contribution in [2.24, 2.45) is 0 Å². The van der Waals surface area contributed by atoms with E-state index < -0.39 is 0 Å². The molecule has 8 heteroatoms. The van der Waals surface area contributed by atoms with Crippen molar-refractivity contribution >= 4 is 69.1 Å². The van der Waals surface area contributed by atoms with E-state index in [-0.39, 0.29) is 0 Å². The van der Waals surface area contributed by atoms with Gasteiger partial charge in [0, 0.05) is 18.1 Å². The van der Waals surface area contributed by atoms with Gasteiger partial charge in [0.1, 0.15) is 11.6 Å². The van der Waals surface area contributed by atoms with Crippen LogP contribution in [0.4, 0.5) is 11.6 Å². The number of nitriles is 1. The van der Waals surface area contributed by atoms with Crippen molar-refractivity contribution in [3.05, 3.63) is 49.9 Å². The van der Waals surface area contributed by atoms with Gasteiger partial charge in [0.05, 0.1) is 31.8 Å². The molecule has 3 aromatic rings. The van der Waals surface area contributed by atoms with E-state index in [0.717, 1.165) is 18.5 Å². The molecule has 0 aliphatic carbocycles. The van der Waals surface area contributed by atoms with Gasteiger partial charge in [-0.05, 0) is 30.7 Å². The van der Waals surface area contributed by atoms with E-state index in [4.69, 9.17) is 46.4 Å². The highest BCUT2D eigenvalue weighted by atomic mass is 35.5. The number of rotatable bonds is 1. The van der Waals surface area contributed by atoms with E-state index in [9.17, 15) is 5.26 Å². The van der Waals surface area contributed by atoms with E-state index in [1.807, 2.05) is 9.47 Å². The molecule has 1 aliphatic heterocycles. The van der Waals surface area contributed by atoms with Gasteiger partial charge in [-0.3, -0.25) is 0 Å². The zero-order valence-corrected chi connectivity index (χ0v) is 15.8. The molecule has 0 amide bonds. The summed E-state index contributed by atoms with van der Waals surface area (Å²) in [4.78, 5) is 6.63. The van der Waals surface area contributed by atoms with E-state index >= 15 is 0 Å². The number of anilines is 2. The Labute approximate surface area is 164 Å².